The molecule has 0 radical (unpaired) electrons. The zero-order valence-electron chi connectivity index (χ0n) is 14.2. The Labute approximate surface area is 170 Å². The molecule has 2 unspecified atom stereocenters. The van der Waals surface area contributed by atoms with Crippen LogP contribution in [-0.4, -0.2) is 26.5 Å². The van der Waals surface area contributed by atoms with Crippen LogP contribution in [0.5, 0.6) is 0 Å². The first-order valence-electron chi connectivity index (χ1n) is 7.98. The van der Waals surface area contributed by atoms with E-state index in [9.17, 15) is 18.0 Å². The largest absolute Gasteiger partial charge is 0.478 e. The quantitative estimate of drug-likeness (QED) is 0.606. The molecule has 0 saturated heterocycles. The van der Waals surface area contributed by atoms with Crippen molar-refractivity contribution >= 4 is 36.4 Å². The molecular weight excluding hydrogens is 418 g/mol. The Morgan fingerprint density at radius 2 is 1.79 bits per heavy atom. The average Bonchev–Trinajstić information content (AvgIpc) is 2.94. The number of imidazole rings is 1. The summed E-state index contributed by atoms with van der Waals surface area (Å²) in [4.78, 5) is 15.5. The lowest BCUT2D eigenvalue weighted by molar-refractivity contribution is 0.0697. The van der Waals surface area contributed by atoms with Crippen LogP contribution < -0.4 is 5.73 Å². The van der Waals surface area contributed by atoms with Gasteiger partial charge in [-0.1, -0.05) is 0 Å². The number of hydrogen-bond acceptors (Lipinski definition) is 3. The molecule has 3 N–H and O–H groups in total. The fourth-order valence-corrected chi connectivity index (χ4v) is 3.54. The second-order valence-electron chi connectivity index (χ2n) is 6.42. The van der Waals surface area contributed by atoms with Gasteiger partial charge in [0.1, 0.15) is 11.5 Å². The molecule has 1 aromatic carbocycles. The summed E-state index contributed by atoms with van der Waals surface area (Å²) in [5.74, 6) is -4.83. The van der Waals surface area contributed by atoms with E-state index in [1.807, 2.05) is 0 Å². The Morgan fingerprint density at radius 3 is 2.46 bits per heavy atom. The van der Waals surface area contributed by atoms with Crippen molar-refractivity contribution in [2.45, 2.75) is 24.8 Å². The fraction of sp³-hybridized carbons (Fsp3) is 0.222. The third-order valence-electron chi connectivity index (χ3n) is 4.85. The molecule has 0 bridgehead atoms. The van der Waals surface area contributed by atoms with E-state index < -0.39 is 35.4 Å². The van der Waals surface area contributed by atoms with E-state index in [-0.39, 0.29) is 42.4 Å². The van der Waals surface area contributed by atoms with Crippen LogP contribution in [0.3, 0.4) is 0 Å². The first kappa shape index (κ1) is 22.0. The van der Waals surface area contributed by atoms with Crippen molar-refractivity contribution < 1.29 is 23.1 Å². The monoisotopic (exact) mass is 433 g/mol. The van der Waals surface area contributed by atoms with Gasteiger partial charge in [-0.3, -0.25) is 0 Å². The van der Waals surface area contributed by atoms with E-state index in [0.717, 1.165) is 11.8 Å². The summed E-state index contributed by atoms with van der Waals surface area (Å²) in [6.45, 7) is 0. The highest BCUT2D eigenvalue weighted by Gasteiger charge is 2.33. The predicted molar refractivity (Wildman–Crippen MR) is 101 cm³/mol. The van der Waals surface area contributed by atoms with Crippen LogP contribution in [0.1, 0.15) is 33.2 Å². The molecule has 0 spiro atoms. The van der Waals surface area contributed by atoms with Crippen LogP contribution in [0.25, 0.3) is 5.65 Å². The van der Waals surface area contributed by atoms with E-state index >= 15 is 0 Å². The Morgan fingerprint density at radius 1 is 1.11 bits per heavy atom. The van der Waals surface area contributed by atoms with Crippen LogP contribution in [-0.2, 0) is 12.8 Å². The predicted octanol–water partition coefficient (Wildman–Crippen LogP) is 3.50. The average molecular weight is 434 g/mol. The first-order chi connectivity index (χ1) is 12.3. The second-order valence-corrected chi connectivity index (χ2v) is 6.42. The van der Waals surface area contributed by atoms with Crippen molar-refractivity contribution in [3.8, 4) is 0 Å². The zero-order valence-corrected chi connectivity index (χ0v) is 15.9. The number of aromatic carboxylic acids is 1. The first-order valence-corrected chi connectivity index (χ1v) is 7.98. The van der Waals surface area contributed by atoms with Crippen LogP contribution in [0, 0.1) is 17.5 Å². The van der Waals surface area contributed by atoms with E-state index in [1.165, 1.54) is 12.1 Å². The topological polar surface area (TPSA) is 80.6 Å². The number of carboxylic acids is 1. The van der Waals surface area contributed by atoms with Crippen LogP contribution in [0.2, 0.25) is 0 Å². The molecule has 0 amide bonds. The van der Waals surface area contributed by atoms with E-state index in [1.54, 1.807) is 10.6 Å². The fourth-order valence-electron chi connectivity index (χ4n) is 3.54. The lowest BCUT2D eigenvalue weighted by atomic mass is 9.80. The molecule has 2 heterocycles. The van der Waals surface area contributed by atoms with Gasteiger partial charge in [-0.25, -0.2) is 22.9 Å². The van der Waals surface area contributed by atoms with E-state index in [0.29, 0.717) is 23.8 Å². The maximum absolute atomic E-state index is 14.2. The second kappa shape index (κ2) is 7.98. The Kier molecular flexibility index (Phi) is 6.27. The van der Waals surface area contributed by atoms with Gasteiger partial charge in [-0.15, -0.1) is 24.8 Å². The minimum atomic E-state index is -1.25. The van der Waals surface area contributed by atoms with Gasteiger partial charge in [0.15, 0.2) is 11.6 Å². The smallest absolute Gasteiger partial charge is 0.335 e. The normalized spacial score (nSPS) is 18.1. The third-order valence-corrected chi connectivity index (χ3v) is 4.85. The summed E-state index contributed by atoms with van der Waals surface area (Å²) < 4.78 is 42.7. The van der Waals surface area contributed by atoms with Gasteiger partial charge in [0.25, 0.3) is 0 Å². The van der Waals surface area contributed by atoms with Gasteiger partial charge in [0.05, 0.1) is 11.3 Å². The van der Waals surface area contributed by atoms with Gasteiger partial charge in [0, 0.05) is 36.3 Å². The molecular formula is C18H16Cl2F3N3O2. The minimum Gasteiger partial charge on any atom is -0.478 e. The molecule has 0 fully saturated rings. The number of hydrogen-bond donors (Lipinski definition) is 2. The van der Waals surface area contributed by atoms with Crippen molar-refractivity contribution in [1.82, 2.24) is 9.38 Å². The highest BCUT2D eigenvalue weighted by molar-refractivity contribution is 5.88. The Bertz CT molecular complexity index is 1060. The molecule has 3 aromatic rings. The number of carboxylic acid groups (broad SMARTS) is 1. The van der Waals surface area contributed by atoms with Crippen molar-refractivity contribution in [2.24, 2.45) is 5.73 Å². The number of fused-ring (bicyclic) bond motifs is 3. The summed E-state index contributed by atoms with van der Waals surface area (Å²) in [7, 11) is 0. The number of carbonyl (C=O) groups is 1. The molecule has 0 aliphatic heterocycles. The Hall–Kier alpha value is -2.29. The molecule has 1 aliphatic rings. The van der Waals surface area contributed by atoms with Gasteiger partial charge < -0.3 is 15.2 Å². The standard InChI is InChI=1S/C18H14F3N3O2.2ClH/c19-11-6-13(21)12(20)4-9(11)10-5-15-16(7-14(10)22)24-2-1-8(18(25)26)3-17(24)23-15;;/h1-4,6,10,14H,5,7,22H2,(H,25,26);2*1H. The number of nitrogens with two attached hydrogens (primary N) is 1. The maximum atomic E-state index is 14.2. The summed E-state index contributed by atoms with van der Waals surface area (Å²) >= 11 is 0. The lowest BCUT2D eigenvalue weighted by Gasteiger charge is -2.29. The van der Waals surface area contributed by atoms with Crippen molar-refractivity contribution in [3.63, 3.8) is 0 Å². The molecule has 2 aromatic heterocycles. The molecule has 0 saturated carbocycles. The van der Waals surface area contributed by atoms with Gasteiger partial charge in [-0.2, -0.15) is 0 Å². The van der Waals surface area contributed by atoms with E-state index in [2.05, 4.69) is 4.98 Å². The van der Waals surface area contributed by atoms with Crippen molar-refractivity contribution in [3.05, 3.63) is 70.4 Å². The molecule has 2 atom stereocenters. The molecule has 10 heteroatoms. The minimum absolute atomic E-state index is 0. The summed E-state index contributed by atoms with van der Waals surface area (Å²) in [6, 6.07) is 3.76. The molecule has 4 rings (SSSR count). The Balaban J connectivity index is 0.00000140. The summed E-state index contributed by atoms with van der Waals surface area (Å²) in [6.07, 6.45) is 2.21. The van der Waals surface area contributed by atoms with Crippen LogP contribution in [0.15, 0.2) is 30.5 Å². The van der Waals surface area contributed by atoms with Gasteiger partial charge in [0.2, 0.25) is 0 Å². The number of benzene rings is 1. The van der Waals surface area contributed by atoms with Gasteiger partial charge >= 0.3 is 5.97 Å². The number of halogens is 5. The molecule has 28 heavy (non-hydrogen) atoms. The lowest BCUT2D eigenvalue weighted by Crippen LogP contribution is -2.37. The number of aromatic nitrogens is 2. The van der Waals surface area contributed by atoms with Crippen LogP contribution >= 0.6 is 24.8 Å². The zero-order chi connectivity index (χ0) is 18.6. The summed E-state index contributed by atoms with van der Waals surface area (Å²) in [5.41, 5.74) is 8.22. The maximum Gasteiger partial charge on any atom is 0.335 e. The molecule has 5 nitrogen and oxygen atoms in total. The van der Waals surface area contributed by atoms with Gasteiger partial charge in [-0.05, 0) is 30.2 Å². The highest BCUT2D eigenvalue weighted by atomic mass is 35.5. The SMILES string of the molecule is Cl.Cl.NC1Cc2c(nc3cc(C(=O)O)ccn23)CC1c1cc(F)c(F)cc1F. The molecule has 1 aliphatic carbocycles. The number of pyridine rings is 1. The van der Waals surface area contributed by atoms with Crippen LogP contribution in [0.4, 0.5) is 13.2 Å². The van der Waals surface area contributed by atoms with Crippen molar-refractivity contribution in [1.29, 1.82) is 0 Å². The third kappa shape index (κ3) is 3.55. The molecule has 150 valence electrons. The highest BCUT2D eigenvalue weighted by Crippen LogP contribution is 2.34. The number of rotatable bonds is 2. The number of nitrogens with zero attached hydrogens (tertiary/aromatic N) is 2. The van der Waals surface area contributed by atoms with E-state index in [4.69, 9.17) is 10.8 Å². The van der Waals surface area contributed by atoms with Crippen molar-refractivity contribution in [2.75, 3.05) is 0 Å². The summed E-state index contributed by atoms with van der Waals surface area (Å²) in [5, 5.41) is 9.09.